The lowest BCUT2D eigenvalue weighted by Gasteiger charge is -2.15. The van der Waals surface area contributed by atoms with Gasteiger partial charge in [0.05, 0.1) is 11.4 Å². The molecule has 0 aliphatic heterocycles. The molecule has 0 aliphatic carbocycles. The summed E-state index contributed by atoms with van der Waals surface area (Å²) in [6, 6.07) is 4.95. The molecule has 0 aliphatic rings. The highest BCUT2D eigenvalue weighted by Crippen LogP contribution is 2.26. The zero-order valence-electron chi connectivity index (χ0n) is 17.7. The number of aryl methyl sites for hydroxylation is 1. The third-order valence-electron chi connectivity index (χ3n) is 3.53. The van der Waals surface area contributed by atoms with Crippen molar-refractivity contribution in [3.05, 3.63) is 48.1 Å². The van der Waals surface area contributed by atoms with Crippen LogP contribution in [0.25, 0.3) is 0 Å². The number of carbonyl (C=O) groups excluding carboxylic acids is 4. The molecule has 2 amide bonds. The van der Waals surface area contributed by atoms with E-state index in [4.69, 9.17) is 18.9 Å². The van der Waals surface area contributed by atoms with Crippen molar-refractivity contribution in [3.8, 4) is 0 Å². The fourth-order valence-electron chi connectivity index (χ4n) is 2.01. The highest BCUT2D eigenvalue weighted by molar-refractivity contribution is 5.96. The smallest absolute Gasteiger partial charge is 0.411 e. The number of rotatable bonds is 10. The minimum absolute atomic E-state index is 0.125. The van der Waals surface area contributed by atoms with Crippen molar-refractivity contribution >= 4 is 35.5 Å². The largest absolute Gasteiger partial charge is 0.459 e. The van der Waals surface area contributed by atoms with Gasteiger partial charge in [0.15, 0.2) is 0 Å². The molecular weight excluding hydrogens is 408 g/mol. The molecule has 0 unspecified atom stereocenters. The van der Waals surface area contributed by atoms with Gasteiger partial charge >= 0.3 is 24.1 Å². The molecule has 0 atom stereocenters. The number of carbonyl (C=O) groups is 4. The van der Waals surface area contributed by atoms with E-state index in [-0.39, 0.29) is 43.3 Å². The van der Waals surface area contributed by atoms with Gasteiger partial charge in [-0.2, -0.15) is 0 Å². The molecule has 0 saturated carbocycles. The first kappa shape index (κ1) is 25.2. The molecule has 0 spiro atoms. The van der Waals surface area contributed by atoms with E-state index in [9.17, 15) is 19.2 Å². The van der Waals surface area contributed by atoms with E-state index in [2.05, 4.69) is 23.8 Å². The summed E-state index contributed by atoms with van der Waals surface area (Å²) in [7, 11) is 0. The van der Waals surface area contributed by atoms with Crippen LogP contribution in [0.2, 0.25) is 0 Å². The van der Waals surface area contributed by atoms with Crippen LogP contribution in [-0.4, -0.2) is 50.6 Å². The van der Waals surface area contributed by atoms with Crippen LogP contribution in [0.1, 0.15) is 19.4 Å². The lowest BCUT2D eigenvalue weighted by Crippen LogP contribution is -2.21. The van der Waals surface area contributed by atoms with E-state index >= 15 is 0 Å². The summed E-state index contributed by atoms with van der Waals surface area (Å²) in [5.41, 5.74) is 1.70. The van der Waals surface area contributed by atoms with Gasteiger partial charge in [-0.05, 0) is 32.4 Å². The van der Waals surface area contributed by atoms with Crippen molar-refractivity contribution in [2.24, 2.45) is 0 Å². The van der Waals surface area contributed by atoms with Crippen LogP contribution in [-0.2, 0) is 28.5 Å². The summed E-state index contributed by atoms with van der Waals surface area (Å²) in [6.07, 6.45) is -1.61. The Morgan fingerprint density at radius 2 is 1.23 bits per heavy atom. The summed E-state index contributed by atoms with van der Waals surface area (Å²) < 4.78 is 19.5. The molecule has 0 aromatic heterocycles. The Labute approximate surface area is 180 Å². The molecule has 2 N–H and O–H groups in total. The number of esters is 2. The number of para-hydroxylation sites is 1. The Morgan fingerprint density at radius 1 is 0.774 bits per heavy atom. The second kappa shape index (κ2) is 12.7. The number of amides is 2. The van der Waals surface area contributed by atoms with Crippen LogP contribution in [0, 0.1) is 6.92 Å². The van der Waals surface area contributed by atoms with Gasteiger partial charge < -0.3 is 18.9 Å². The second-order valence-corrected chi connectivity index (χ2v) is 6.35. The fraction of sp³-hybridized carbons (Fsp3) is 0.333. The van der Waals surface area contributed by atoms with Crippen molar-refractivity contribution < 1.29 is 38.1 Å². The van der Waals surface area contributed by atoms with E-state index in [0.717, 1.165) is 0 Å². The monoisotopic (exact) mass is 434 g/mol. The van der Waals surface area contributed by atoms with Crippen LogP contribution in [0.3, 0.4) is 0 Å². The zero-order valence-corrected chi connectivity index (χ0v) is 17.7. The van der Waals surface area contributed by atoms with Crippen LogP contribution in [0.4, 0.5) is 21.0 Å². The highest BCUT2D eigenvalue weighted by atomic mass is 16.6. The first-order valence-corrected chi connectivity index (χ1v) is 9.24. The van der Waals surface area contributed by atoms with E-state index < -0.39 is 24.1 Å². The minimum Gasteiger partial charge on any atom is -0.459 e. The summed E-state index contributed by atoms with van der Waals surface area (Å²) in [5, 5.41) is 5.01. The summed E-state index contributed by atoms with van der Waals surface area (Å²) in [5.74, 6) is -1.16. The zero-order chi connectivity index (χ0) is 23.4. The van der Waals surface area contributed by atoms with Crippen molar-refractivity contribution in [3.63, 3.8) is 0 Å². The first-order valence-electron chi connectivity index (χ1n) is 9.24. The lowest BCUT2D eigenvalue weighted by atomic mass is 10.1. The molecule has 0 bridgehead atoms. The molecule has 168 valence electrons. The van der Waals surface area contributed by atoms with Crippen LogP contribution in [0.15, 0.2) is 42.5 Å². The van der Waals surface area contributed by atoms with Crippen LogP contribution in [0.5, 0.6) is 0 Å². The molecule has 1 aromatic rings. The van der Waals surface area contributed by atoms with Crippen molar-refractivity contribution in [1.82, 2.24) is 0 Å². The van der Waals surface area contributed by atoms with E-state index in [1.807, 2.05) is 0 Å². The predicted molar refractivity (Wildman–Crippen MR) is 113 cm³/mol. The fourth-order valence-corrected chi connectivity index (χ4v) is 2.01. The van der Waals surface area contributed by atoms with Gasteiger partial charge in [-0.25, -0.2) is 19.2 Å². The van der Waals surface area contributed by atoms with Gasteiger partial charge in [0.2, 0.25) is 0 Å². The van der Waals surface area contributed by atoms with Gasteiger partial charge in [0, 0.05) is 11.1 Å². The number of benzene rings is 1. The molecule has 1 aromatic carbocycles. The first-order chi connectivity index (χ1) is 14.6. The van der Waals surface area contributed by atoms with Gasteiger partial charge in [-0.15, -0.1) is 0 Å². The number of nitrogens with one attached hydrogen (secondary N) is 2. The van der Waals surface area contributed by atoms with Gasteiger partial charge in [-0.3, -0.25) is 10.6 Å². The maximum absolute atomic E-state index is 12.0. The van der Waals surface area contributed by atoms with Gasteiger partial charge in [-0.1, -0.05) is 25.3 Å². The Bertz CT molecular complexity index is 863. The molecule has 0 saturated heterocycles. The maximum Gasteiger partial charge on any atom is 0.411 e. The van der Waals surface area contributed by atoms with E-state index in [1.54, 1.807) is 25.1 Å². The summed E-state index contributed by atoms with van der Waals surface area (Å²) in [6.45, 7) is 11.0. The van der Waals surface area contributed by atoms with Crippen molar-refractivity contribution in [2.75, 3.05) is 37.1 Å². The number of anilines is 2. The summed E-state index contributed by atoms with van der Waals surface area (Å²) in [4.78, 5) is 46.5. The van der Waals surface area contributed by atoms with Crippen molar-refractivity contribution in [2.45, 2.75) is 20.8 Å². The standard InChI is InChI=1S/C21H26N2O8/c1-13(2)18(24)28-9-11-30-20(26)22-16-8-6-7-15(5)17(16)23-21(27)31-12-10-29-19(25)14(3)4/h6-8H,1,3,9-12H2,2,4-5H3,(H,22,26)(H,23,27). The number of hydrogen-bond donors (Lipinski definition) is 2. The molecule has 10 heteroatoms. The summed E-state index contributed by atoms with van der Waals surface area (Å²) >= 11 is 0. The third-order valence-corrected chi connectivity index (χ3v) is 3.53. The van der Waals surface area contributed by atoms with E-state index in [1.165, 1.54) is 13.8 Å². The molecule has 1 rings (SSSR count). The Hall–Kier alpha value is -3.82. The maximum atomic E-state index is 12.0. The predicted octanol–water partition coefficient (Wildman–Crippen LogP) is 3.33. The average Bonchev–Trinajstić information content (AvgIpc) is 2.70. The number of hydrogen-bond acceptors (Lipinski definition) is 8. The van der Waals surface area contributed by atoms with E-state index in [0.29, 0.717) is 11.3 Å². The molecule has 0 radical (unpaired) electrons. The molecule has 0 heterocycles. The minimum atomic E-state index is -0.805. The third kappa shape index (κ3) is 9.48. The van der Waals surface area contributed by atoms with Crippen molar-refractivity contribution in [1.29, 1.82) is 0 Å². The highest BCUT2D eigenvalue weighted by Gasteiger charge is 2.14. The molecule has 10 nitrogen and oxygen atoms in total. The van der Waals surface area contributed by atoms with Gasteiger partial charge in [0.1, 0.15) is 26.4 Å². The lowest BCUT2D eigenvalue weighted by molar-refractivity contribution is -0.140. The van der Waals surface area contributed by atoms with Gasteiger partial charge in [0.25, 0.3) is 0 Å². The normalized spacial score (nSPS) is 9.77. The second-order valence-electron chi connectivity index (χ2n) is 6.35. The van der Waals surface area contributed by atoms with Crippen LogP contribution < -0.4 is 10.6 Å². The molecule has 31 heavy (non-hydrogen) atoms. The Balaban J connectivity index is 2.54. The molecule has 0 fully saturated rings. The topological polar surface area (TPSA) is 129 Å². The van der Waals surface area contributed by atoms with Crippen LogP contribution >= 0.6 is 0 Å². The number of ether oxygens (including phenoxy) is 4. The SMILES string of the molecule is C=C(C)C(=O)OCCOC(=O)Nc1cccc(C)c1NC(=O)OCCOC(=O)C(=C)C. The average molecular weight is 434 g/mol. The quantitative estimate of drug-likeness (QED) is 0.248. The Kier molecular flexibility index (Phi) is 10.3. The Morgan fingerprint density at radius 3 is 1.71 bits per heavy atom. The molecular formula is C21H26N2O8.